The van der Waals surface area contributed by atoms with Crippen LogP contribution in [0.4, 0.5) is 0 Å². The summed E-state index contributed by atoms with van der Waals surface area (Å²) in [4.78, 5) is 14.8. The maximum absolute atomic E-state index is 10.7. The third-order valence-electron chi connectivity index (χ3n) is 2.15. The molecular formula is C7H10N2O. The Balaban J connectivity index is 1.99. The number of hydrogen-bond acceptors (Lipinski definition) is 2. The van der Waals surface area contributed by atoms with Gasteiger partial charge in [0, 0.05) is 5.92 Å². The highest BCUT2D eigenvalue weighted by Gasteiger charge is 2.27. The molecule has 3 heteroatoms. The van der Waals surface area contributed by atoms with E-state index in [9.17, 15) is 4.79 Å². The Morgan fingerprint density at radius 1 is 1.50 bits per heavy atom. The molecule has 0 saturated heterocycles. The predicted molar refractivity (Wildman–Crippen MR) is 37.8 cm³/mol. The van der Waals surface area contributed by atoms with Crippen LogP contribution < -0.4 is 5.32 Å². The molecule has 0 atom stereocenters. The van der Waals surface area contributed by atoms with Crippen LogP contribution >= 0.6 is 0 Å². The van der Waals surface area contributed by atoms with E-state index in [0.29, 0.717) is 12.5 Å². The molecule has 1 saturated carbocycles. The monoisotopic (exact) mass is 138 g/mol. The summed E-state index contributed by atoms with van der Waals surface area (Å²) in [5.74, 6) is 1.57. The van der Waals surface area contributed by atoms with Crippen LogP contribution in [-0.2, 0) is 4.79 Å². The van der Waals surface area contributed by atoms with Gasteiger partial charge in [-0.3, -0.25) is 9.79 Å². The van der Waals surface area contributed by atoms with Crippen molar-refractivity contribution < 1.29 is 4.79 Å². The van der Waals surface area contributed by atoms with Gasteiger partial charge in [-0.15, -0.1) is 0 Å². The van der Waals surface area contributed by atoms with Gasteiger partial charge in [-0.1, -0.05) is 6.42 Å². The average molecular weight is 138 g/mol. The fraction of sp³-hybridized carbons (Fsp3) is 0.714. The summed E-state index contributed by atoms with van der Waals surface area (Å²) in [6.07, 6.45) is 3.71. The minimum atomic E-state index is 0.0573. The first kappa shape index (κ1) is 5.89. The Morgan fingerprint density at radius 2 is 2.30 bits per heavy atom. The zero-order valence-corrected chi connectivity index (χ0v) is 5.76. The van der Waals surface area contributed by atoms with Crippen molar-refractivity contribution in [2.45, 2.75) is 19.3 Å². The molecule has 1 fully saturated rings. The SMILES string of the molecule is O=C1CN=C(C2CCC2)N1. The van der Waals surface area contributed by atoms with E-state index in [1.54, 1.807) is 0 Å². The third-order valence-corrected chi connectivity index (χ3v) is 2.15. The van der Waals surface area contributed by atoms with Crippen LogP contribution in [-0.4, -0.2) is 18.3 Å². The molecule has 54 valence electrons. The summed E-state index contributed by atoms with van der Waals surface area (Å²) in [6.45, 7) is 0.353. The smallest absolute Gasteiger partial charge is 0.247 e. The normalized spacial score (nSPS) is 25.6. The number of amides is 1. The highest BCUT2D eigenvalue weighted by Crippen LogP contribution is 2.27. The van der Waals surface area contributed by atoms with E-state index in [2.05, 4.69) is 10.3 Å². The number of carbonyl (C=O) groups excluding carboxylic acids is 1. The lowest BCUT2D eigenvalue weighted by Crippen LogP contribution is -2.33. The van der Waals surface area contributed by atoms with Gasteiger partial charge >= 0.3 is 0 Å². The average Bonchev–Trinajstić information content (AvgIpc) is 2.10. The summed E-state index contributed by atoms with van der Waals surface area (Å²) >= 11 is 0. The zero-order valence-electron chi connectivity index (χ0n) is 5.76. The van der Waals surface area contributed by atoms with E-state index >= 15 is 0 Å². The van der Waals surface area contributed by atoms with Crippen LogP contribution in [0.1, 0.15) is 19.3 Å². The molecule has 1 N–H and O–H groups in total. The van der Waals surface area contributed by atoms with E-state index in [4.69, 9.17) is 0 Å². The highest BCUT2D eigenvalue weighted by atomic mass is 16.2. The number of aliphatic imine (C=N–C) groups is 1. The molecule has 0 bridgehead atoms. The number of amidine groups is 1. The van der Waals surface area contributed by atoms with Crippen molar-refractivity contribution >= 4 is 11.7 Å². The van der Waals surface area contributed by atoms with E-state index < -0.39 is 0 Å². The van der Waals surface area contributed by atoms with E-state index in [1.165, 1.54) is 19.3 Å². The van der Waals surface area contributed by atoms with Crippen molar-refractivity contribution in [3.8, 4) is 0 Å². The van der Waals surface area contributed by atoms with Gasteiger partial charge in [0.25, 0.3) is 0 Å². The number of rotatable bonds is 1. The minimum absolute atomic E-state index is 0.0573. The van der Waals surface area contributed by atoms with Crippen molar-refractivity contribution in [1.82, 2.24) is 5.32 Å². The van der Waals surface area contributed by atoms with Gasteiger partial charge in [0.05, 0.1) is 0 Å². The lowest BCUT2D eigenvalue weighted by Gasteiger charge is -2.24. The van der Waals surface area contributed by atoms with E-state index in [1.807, 2.05) is 0 Å². The van der Waals surface area contributed by atoms with E-state index in [0.717, 1.165) is 5.84 Å². The number of hydrogen-bond donors (Lipinski definition) is 1. The second-order valence-electron chi connectivity index (χ2n) is 2.88. The number of nitrogens with one attached hydrogen (secondary N) is 1. The second-order valence-corrected chi connectivity index (χ2v) is 2.88. The Bertz CT molecular complexity index is 194. The minimum Gasteiger partial charge on any atom is -0.313 e. The summed E-state index contributed by atoms with van der Waals surface area (Å²) in [5.41, 5.74) is 0. The molecule has 2 aliphatic rings. The molecule has 1 amide bonds. The molecule has 0 radical (unpaired) electrons. The molecular weight excluding hydrogens is 128 g/mol. The summed E-state index contributed by atoms with van der Waals surface area (Å²) < 4.78 is 0. The first-order chi connectivity index (χ1) is 4.86. The molecule has 0 aromatic rings. The van der Waals surface area contributed by atoms with Crippen molar-refractivity contribution in [2.75, 3.05) is 6.54 Å². The topological polar surface area (TPSA) is 41.5 Å². The lowest BCUT2D eigenvalue weighted by atomic mass is 9.84. The van der Waals surface area contributed by atoms with Crippen molar-refractivity contribution in [1.29, 1.82) is 0 Å². The van der Waals surface area contributed by atoms with Crippen molar-refractivity contribution in [2.24, 2.45) is 10.9 Å². The summed E-state index contributed by atoms with van der Waals surface area (Å²) in [7, 11) is 0. The summed E-state index contributed by atoms with van der Waals surface area (Å²) in [6, 6.07) is 0. The fourth-order valence-corrected chi connectivity index (χ4v) is 1.29. The second kappa shape index (κ2) is 2.08. The van der Waals surface area contributed by atoms with Gasteiger partial charge in [0.1, 0.15) is 12.4 Å². The Kier molecular flexibility index (Phi) is 1.22. The first-order valence-electron chi connectivity index (χ1n) is 3.70. The molecule has 0 spiro atoms. The van der Waals surface area contributed by atoms with Gasteiger partial charge in [0.15, 0.2) is 0 Å². The third kappa shape index (κ3) is 0.818. The Morgan fingerprint density at radius 3 is 2.70 bits per heavy atom. The van der Waals surface area contributed by atoms with Gasteiger partial charge in [-0.2, -0.15) is 0 Å². The van der Waals surface area contributed by atoms with E-state index in [-0.39, 0.29) is 5.91 Å². The molecule has 0 aromatic heterocycles. The maximum atomic E-state index is 10.7. The molecule has 1 aliphatic heterocycles. The van der Waals surface area contributed by atoms with Crippen LogP contribution in [0.3, 0.4) is 0 Å². The largest absolute Gasteiger partial charge is 0.313 e. The molecule has 1 aliphatic carbocycles. The standard InChI is InChI=1S/C7H10N2O/c10-6-4-8-7(9-6)5-2-1-3-5/h5H,1-4H2,(H,8,9,10). The number of nitrogens with zero attached hydrogens (tertiary/aromatic N) is 1. The van der Waals surface area contributed by atoms with Crippen LogP contribution in [0.2, 0.25) is 0 Å². The fourth-order valence-electron chi connectivity index (χ4n) is 1.29. The van der Waals surface area contributed by atoms with Crippen LogP contribution in [0, 0.1) is 5.92 Å². The van der Waals surface area contributed by atoms with Crippen LogP contribution in [0.25, 0.3) is 0 Å². The molecule has 0 aromatic carbocycles. The Labute approximate surface area is 59.5 Å². The predicted octanol–water partition coefficient (Wildman–Crippen LogP) is 0.315. The van der Waals surface area contributed by atoms with Crippen molar-refractivity contribution in [3.05, 3.63) is 0 Å². The van der Waals surface area contributed by atoms with Gasteiger partial charge in [-0.25, -0.2) is 0 Å². The summed E-state index contributed by atoms with van der Waals surface area (Å²) in [5, 5.41) is 2.77. The van der Waals surface area contributed by atoms with Crippen LogP contribution in [0.15, 0.2) is 4.99 Å². The van der Waals surface area contributed by atoms with Crippen LogP contribution in [0.5, 0.6) is 0 Å². The van der Waals surface area contributed by atoms with Gasteiger partial charge < -0.3 is 5.32 Å². The zero-order chi connectivity index (χ0) is 6.97. The molecule has 0 unspecified atom stereocenters. The van der Waals surface area contributed by atoms with Gasteiger partial charge in [-0.05, 0) is 12.8 Å². The lowest BCUT2D eigenvalue weighted by molar-refractivity contribution is -0.117. The maximum Gasteiger partial charge on any atom is 0.247 e. The highest BCUT2D eigenvalue weighted by molar-refractivity contribution is 6.05. The molecule has 10 heavy (non-hydrogen) atoms. The Hall–Kier alpha value is -0.860. The first-order valence-corrected chi connectivity index (χ1v) is 3.70. The van der Waals surface area contributed by atoms with Crippen molar-refractivity contribution in [3.63, 3.8) is 0 Å². The quantitative estimate of drug-likeness (QED) is 0.557. The molecule has 2 rings (SSSR count). The number of carbonyl (C=O) groups is 1. The van der Waals surface area contributed by atoms with Gasteiger partial charge in [0.2, 0.25) is 5.91 Å². The molecule has 3 nitrogen and oxygen atoms in total. The molecule has 1 heterocycles.